The van der Waals surface area contributed by atoms with Crippen molar-refractivity contribution in [2.45, 2.75) is 38.8 Å². The standard InChI is InChI=1S/C18H28FN3O2.HI/c1-14-6-7-15(11-17(14)19)12-22-18(20-2)21-8-4-9-23-13-16-5-3-10-24-16;/h6-7,11,16H,3-5,8-10,12-13H2,1-2H3,(H2,20,21,22);1H. The fourth-order valence-corrected chi connectivity index (χ4v) is 2.52. The zero-order chi connectivity index (χ0) is 17.2. The van der Waals surface area contributed by atoms with Crippen LogP contribution in [0, 0.1) is 12.7 Å². The van der Waals surface area contributed by atoms with Crippen molar-refractivity contribution in [3.8, 4) is 0 Å². The Bertz CT molecular complexity index is 537. The van der Waals surface area contributed by atoms with Crippen molar-refractivity contribution in [1.82, 2.24) is 10.6 Å². The van der Waals surface area contributed by atoms with E-state index >= 15 is 0 Å². The van der Waals surface area contributed by atoms with Gasteiger partial charge >= 0.3 is 0 Å². The highest BCUT2D eigenvalue weighted by Gasteiger charge is 2.14. The summed E-state index contributed by atoms with van der Waals surface area (Å²) in [6.45, 7) is 5.31. The van der Waals surface area contributed by atoms with Crippen molar-refractivity contribution in [3.05, 3.63) is 35.1 Å². The van der Waals surface area contributed by atoms with Crippen LogP contribution < -0.4 is 10.6 Å². The molecule has 25 heavy (non-hydrogen) atoms. The van der Waals surface area contributed by atoms with Gasteiger partial charge in [-0.3, -0.25) is 4.99 Å². The molecule has 0 saturated carbocycles. The number of aliphatic imine (C=N–C) groups is 1. The molecule has 0 spiro atoms. The lowest BCUT2D eigenvalue weighted by Gasteiger charge is -2.13. The maximum absolute atomic E-state index is 13.5. The molecule has 7 heteroatoms. The fourth-order valence-electron chi connectivity index (χ4n) is 2.52. The maximum Gasteiger partial charge on any atom is 0.191 e. The SMILES string of the molecule is CN=C(NCCCOCC1CCCO1)NCc1ccc(C)c(F)c1.I. The van der Waals surface area contributed by atoms with Crippen LogP contribution in [-0.4, -0.2) is 45.5 Å². The summed E-state index contributed by atoms with van der Waals surface area (Å²) in [7, 11) is 1.72. The van der Waals surface area contributed by atoms with E-state index in [1.54, 1.807) is 26.1 Å². The third-order valence-corrected chi connectivity index (χ3v) is 4.01. The first-order valence-electron chi connectivity index (χ1n) is 8.58. The molecule has 1 unspecified atom stereocenters. The minimum absolute atomic E-state index is 0. The van der Waals surface area contributed by atoms with Crippen LogP contribution in [-0.2, 0) is 16.0 Å². The zero-order valence-corrected chi connectivity index (χ0v) is 17.3. The van der Waals surface area contributed by atoms with Crippen molar-refractivity contribution in [2.75, 3.05) is 33.4 Å². The van der Waals surface area contributed by atoms with Gasteiger partial charge in [0.05, 0.1) is 12.7 Å². The van der Waals surface area contributed by atoms with Gasteiger partial charge in [0, 0.05) is 33.4 Å². The van der Waals surface area contributed by atoms with Gasteiger partial charge in [0.25, 0.3) is 0 Å². The number of hydrogen-bond acceptors (Lipinski definition) is 3. The van der Waals surface area contributed by atoms with Gasteiger partial charge < -0.3 is 20.1 Å². The predicted molar refractivity (Wildman–Crippen MR) is 109 cm³/mol. The van der Waals surface area contributed by atoms with Gasteiger partial charge in [-0.1, -0.05) is 12.1 Å². The molecule has 2 N–H and O–H groups in total. The summed E-state index contributed by atoms with van der Waals surface area (Å²) in [5.41, 5.74) is 1.55. The van der Waals surface area contributed by atoms with Crippen LogP contribution in [0.15, 0.2) is 23.2 Å². The molecule has 0 aromatic heterocycles. The number of halogens is 2. The van der Waals surface area contributed by atoms with E-state index in [2.05, 4.69) is 15.6 Å². The highest BCUT2D eigenvalue weighted by atomic mass is 127. The smallest absolute Gasteiger partial charge is 0.191 e. The number of rotatable bonds is 8. The average Bonchev–Trinajstić information content (AvgIpc) is 3.10. The number of aryl methyl sites for hydroxylation is 1. The summed E-state index contributed by atoms with van der Waals surface area (Å²) in [4.78, 5) is 4.16. The highest BCUT2D eigenvalue weighted by molar-refractivity contribution is 14.0. The molecule has 1 aliphatic rings. The van der Waals surface area contributed by atoms with E-state index in [1.165, 1.54) is 0 Å². The van der Waals surface area contributed by atoms with Crippen molar-refractivity contribution in [2.24, 2.45) is 4.99 Å². The second-order valence-corrected chi connectivity index (χ2v) is 6.00. The molecule has 0 radical (unpaired) electrons. The van der Waals surface area contributed by atoms with Crippen molar-refractivity contribution >= 4 is 29.9 Å². The molecule has 1 heterocycles. The molecule has 5 nitrogen and oxygen atoms in total. The van der Waals surface area contributed by atoms with Crippen LogP contribution in [0.1, 0.15) is 30.4 Å². The van der Waals surface area contributed by atoms with Gasteiger partial charge in [-0.05, 0) is 43.4 Å². The maximum atomic E-state index is 13.5. The normalized spacial score (nSPS) is 17.2. The molecular formula is C18H29FIN3O2. The van der Waals surface area contributed by atoms with E-state index in [0.717, 1.165) is 38.0 Å². The van der Waals surface area contributed by atoms with Gasteiger partial charge in [-0.2, -0.15) is 0 Å². The lowest BCUT2D eigenvalue weighted by Crippen LogP contribution is -2.37. The van der Waals surface area contributed by atoms with Crippen LogP contribution in [0.3, 0.4) is 0 Å². The summed E-state index contributed by atoms with van der Waals surface area (Å²) < 4.78 is 24.7. The molecular weight excluding hydrogens is 436 g/mol. The van der Waals surface area contributed by atoms with E-state index in [4.69, 9.17) is 9.47 Å². The average molecular weight is 465 g/mol. The molecule has 2 rings (SSSR count). The number of ether oxygens (including phenoxy) is 2. The quantitative estimate of drug-likeness (QED) is 0.268. The Morgan fingerprint density at radius 3 is 2.92 bits per heavy atom. The molecule has 1 aromatic carbocycles. The van der Waals surface area contributed by atoms with Gasteiger partial charge in [0.15, 0.2) is 5.96 Å². The number of nitrogens with one attached hydrogen (secondary N) is 2. The monoisotopic (exact) mass is 465 g/mol. The molecule has 1 fully saturated rings. The van der Waals surface area contributed by atoms with E-state index in [-0.39, 0.29) is 35.9 Å². The first-order chi connectivity index (χ1) is 11.7. The van der Waals surface area contributed by atoms with Crippen LogP contribution in [0.5, 0.6) is 0 Å². The predicted octanol–water partition coefficient (Wildman–Crippen LogP) is 3.00. The molecule has 0 amide bonds. The molecule has 1 saturated heterocycles. The molecule has 0 aliphatic carbocycles. The molecule has 1 atom stereocenters. The summed E-state index contributed by atoms with van der Waals surface area (Å²) in [5.74, 6) is 0.524. The fraction of sp³-hybridized carbons (Fsp3) is 0.611. The van der Waals surface area contributed by atoms with Gasteiger partial charge in [0.2, 0.25) is 0 Å². The molecule has 1 aromatic rings. The zero-order valence-electron chi connectivity index (χ0n) is 15.0. The number of guanidine groups is 1. The Balaban J connectivity index is 0.00000312. The van der Waals surface area contributed by atoms with Crippen LogP contribution in [0.2, 0.25) is 0 Å². The van der Waals surface area contributed by atoms with Crippen molar-refractivity contribution in [3.63, 3.8) is 0 Å². The Morgan fingerprint density at radius 1 is 1.40 bits per heavy atom. The topological polar surface area (TPSA) is 54.9 Å². The van der Waals surface area contributed by atoms with Gasteiger partial charge in [-0.15, -0.1) is 24.0 Å². The Morgan fingerprint density at radius 2 is 2.24 bits per heavy atom. The minimum Gasteiger partial charge on any atom is -0.379 e. The number of benzene rings is 1. The van der Waals surface area contributed by atoms with Crippen LogP contribution in [0.4, 0.5) is 4.39 Å². The third kappa shape index (κ3) is 8.33. The van der Waals surface area contributed by atoms with Gasteiger partial charge in [0.1, 0.15) is 5.82 Å². The van der Waals surface area contributed by atoms with Crippen LogP contribution >= 0.6 is 24.0 Å². The first kappa shape index (κ1) is 22.1. The van der Waals surface area contributed by atoms with E-state index in [0.29, 0.717) is 31.3 Å². The Labute approximate surface area is 166 Å². The second kappa shape index (κ2) is 12.4. The van der Waals surface area contributed by atoms with E-state index in [9.17, 15) is 4.39 Å². The Hall–Kier alpha value is -0.930. The second-order valence-electron chi connectivity index (χ2n) is 6.00. The largest absolute Gasteiger partial charge is 0.379 e. The van der Waals surface area contributed by atoms with E-state index in [1.807, 2.05) is 6.07 Å². The molecule has 0 bridgehead atoms. The summed E-state index contributed by atoms with van der Waals surface area (Å²) >= 11 is 0. The first-order valence-corrected chi connectivity index (χ1v) is 8.58. The number of hydrogen-bond donors (Lipinski definition) is 2. The minimum atomic E-state index is -0.180. The third-order valence-electron chi connectivity index (χ3n) is 4.01. The number of nitrogens with zero attached hydrogens (tertiary/aromatic N) is 1. The van der Waals surface area contributed by atoms with Crippen molar-refractivity contribution in [1.29, 1.82) is 0 Å². The molecule has 142 valence electrons. The Kier molecular flexibility index (Phi) is 11.0. The van der Waals surface area contributed by atoms with E-state index < -0.39 is 0 Å². The van der Waals surface area contributed by atoms with Crippen molar-refractivity contribution < 1.29 is 13.9 Å². The lowest BCUT2D eigenvalue weighted by atomic mass is 10.1. The molecule has 1 aliphatic heterocycles. The summed E-state index contributed by atoms with van der Waals surface area (Å²) in [6.07, 6.45) is 3.42. The van der Waals surface area contributed by atoms with Gasteiger partial charge in [-0.25, -0.2) is 4.39 Å². The lowest BCUT2D eigenvalue weighted by molar-refractivity contribution is 0.0168. The van der Waals surface area contributed by atoms with Crippen LogP contribution in [0.25, 0.3) is 0 Å². The highest BCUT2D eigenvalue weighted by Crippen LogP contribution is 2.11. The summed E-state index contributed by atoms with van der Waals surface area (Å²) in [6, 6.07) is 5.25. The summed E-state index contributed by atoms with van der Waals surface area (Å²) in [5, 5.41) is 6.41.